The number of amides is 2. The first-order valence-corrected chi connectivity index (χ1v) is 24.0. The summed E-state index contributed by atoms with van der Waals surface area (Å²) in [6.07, 6.45) is 7.51. The maximum absolute atomic E-state index is 15.7. The van der Waals surface area contributed by atoms with E-state index in [0.29, 0.717) is 88.3 Å². The first kappa shape index (κ1) is 45.9. The lowest BCUT2D eigenvalue weighted by molar-refractivity contribution is -0.228. The van der Waals surface area contributed by atoms with E-state index in [1.54, 1.807) is 19.4 Å². The number of nitrogens with one attached hydrogen (secondary N) is 3. The van der Waals surface area contributed by atoms with Crippen molar-refractivity contribution in [2.24, 2.45) is 11.3 Å². The number of urea groups is 1. The Morgan fingerprint density at radius 3 is 2.46 bits per heavy atom. The molecule has 1 aliphatic carbocycles. The van der Waals surface area contributed by atoms with E-state index in [9.17, 15) is 19.5 Å². The van der Waals surface area contributed by atoms with E-state index in [4.69, 9.17) is 23.4 Å². The standard InChI is InChI=1S/C52H64N6O10/c1-8-48(55-47(62)53-28-33-14-12-23-67-33)26-32-27-51(45(60)65-6,41-35(17-21-57(29-32)30-48)34-15-10-11-16-38(34)54-41)37-24-36-39(25-40(37)64-5)56(4)43-50(36)19-22-58-20-13-18-49(9-2,42(50)58)44(68-31(3)59)52(43,63)46(61)66-7/h10-16,18,23-25,32,42-44,54,63H,8-9,17,19-22,26-30H2,1-7H3,(H2,53,55,62)/t32-,42+,43-,44-,48+,49-,50-,51+,52+/m1/s1. The van der Waals surface area contributed by atoms with E-state index in [1.165, 1.54) is 21.1 Å². The van der Waals surface area contributed by atoms with Crippen molar-refractivity contribution in [1.82, 2.24) is 25.4 Å². The Morgan fingerprint density at radius 1 is 0.956 bits per heavy atom. The highest BCUT2D eigenvalue weighted by molar-refractivity contribution is 5.95. The van der Waals surface area contributed by atoms with Crippen LogP contribution in [0.15, 0.2) is 71.4 Å². The van der Waals surface area contributed by atoms with Crippen molar-refractivity contribution in [3.8, 4) is 5.75 Å². The fourth-order valence-corrected chi connectivity index (χ4v) is 14.6. The van der Waals surface area contributed by atoms with Gasteiger partial charge < -0.3 is 53.9 Å². The maximum atomic E-state index is 15.7. The van der Waals surface area contributed by atoms with Gasteiger partial charge in [-0.25, -0.2) is 9.59 Å². The van der Waals surface area contributed by atoms with Crippen molar-refractivity contribution in [2.75, 3.05) is 66.0 Å². The number of furan rings is 1. The summed E-state index contributed by atoms with van der Waals surface area (Å²) in [7, 11) is 6.14. The third-order valence-electron chi connectivity index (χ3n) is 17.0. The summed E-state index contributed by atoms with van der Waals surface area (Å²) < 4.78 is 29.7. The number of para-hydroxylation sites is 1. The smallest absolute Gasteiger partial charge is 0.344 e. The molecule has 4 aromatic rings. The van der Waals surface area contributed by atoms with Gasteiger partial charge >= 0.3 is 23.9 Å². The number of carbonyl (C=O) groups is 4. The number of carbonyl (C=O) groups excluding carboxylic acids is 4. The molecule has 4 N–H and O–H groups in total. The number of aromatic amines is 1. The molecule has 3 fully saturated rings. The monoisotopic (exact) mass is 932 g/mol. The molecule has 10 rings (SSSR count). The van der Waals surface area contributed by atoms with Crippen LogP contribution in [0.3, 0.4) is 0 Å². The molecular weight excluding hydrogens is 869 g/mol. The zero-order valence-corrected chi connectivity index (χ0v) is 40.1. The van der Waals surface area contributed by atoms with Gasteiger partial charge in [0, 0.05) is 90.9 Å². The highest BCUT2D eigenvalue weighted by atomic mass is 16.6. The molecule has 2 amide bonds. The maximum Gasteiger partial charge on any atom is 0.344 e. The van der Waals surface area contributed by atoms with Crippen LogP contribution < -0.4 is 20.3 Å². The summed E-state index contributed by atoms with van der Waals surface area (Å²) in [4.78, 5) is 67.6. The van der Waals surface area contributed by atoms with Gasteiger partial charge in [0.05, 0.1) is 45.7 Å². The van der Waals surface area contributed by atoms with E-state index < -0.39 is 57.4 Å². The van der Waals surface area contributed by atoms with Crippen LogP contribution in [0, 0.1) is 11.3 Å². The molecule has 2 aromatic carbocycles. The number of piperidine rings is 1. The average Bonchev–Trinajstić information content (AvgIpc) is 4.15. The zero-order chi connectivity index (χ0) is 48.0. The second-order valence-electron chi connectivity index (χ2n) is 20.1. The molecule has 10 atom stereocenters. The van der Waals surface area contributed by atoms with E-state index in [1.807, 2.05) is 55.3 Å². The van der Waals surface area contributed by atoms with Crippen LogP contribution in [0.25, 0.3) is 10.9 Å². The number of H-pyrrole nitrogens is 1. The third kappa shape index (κ3) is 6.42. The van der Waals surface area contributed by atoms with E-state index in [-0.39, 0.29) is 24.5 Å². The van der Waals surface area contributed by atoms with E-state index >= 15 is 4.79 Å². The normalized spacial score (nSPS) is 33.5. The highest BCUT2D eigenvalue weighted by Crippen LogP contribution is 2.68. The predicted octanol–water partition coefficient (Wildman–Crippen LogP) is 5.09. The minimum absolute atomic E-state index is 0.140. The van der Waals surface area contributed by atoms with Crippen LogP contribution in [0.1, 0.15) is 81.0 Å². The van der Waals surface area contributed by atoms with Crippen molar-refractivity contribution in [2.45, 2.75) is 106 Å². The van der Waals surface area contributed by atoms with Gasteiger partial charge in [-0.05, 0) is 86.4 Å². The average molecular weight is 933 g/mol. The summed E-state index contributed by atoms with van der Waals surface area (Å²) in [5, 5.41) is 20.8. The molecular formula is C52H64N6O10. The van der Waals surface area contributed by atoms with Gasteiger partial charge in [-0.1, -0.05) is 44.2 Å². The third-order valence-corrected chi connectivity index (χ3v) is 17.0. The molecule has 362 valence electrons. The summed E-state index contributed by atoms with van der Waals surface area (Å²) in [6, 6.07) is 14.2. The number of aromatic nitrogens is 1. The van der Waals surface area contributed by atoms with Gasteiger partial charge in [-0.2, -0.15) is 0 Å². The number of fused-ring (bicyclic) bond motifs is 6. The number of anilines is 1. The van der Waals surface area contributed by atoms with Crippen LogP contribution in [0.5, 0.6) is 5.75 Å². The number of likely N-dealkylation sites (N-methyl/N-ethyl adjacent to an activating group) is 1. The molecule has 1 unspecified atom stereocenters. The molecule has 5 aliphatic heterocycles. The van der Waals surface area contributed by atoms with Crippen molar-refractivity contribution in [3.63, 3.8) is 0 Å². The minimum atomic E-state index is -2.33. The Kier molecular flexibility index (Phi) is 11.3. The Labute approximate surface area is 396 Å². The van der Waals surface area contributed by atoms with Crippen LogP contribution in [-0.2, 0) is 52.4 Å². The SMILES string of the molecule is CC[C@]1(NC(=O)NCc2ccco2)C[C@H]2CN(CCc3c([nH]c4ccccc34)[C@@](C(=O)OC)(c3cc4c(cc3OC)N(C)[C@H]3[C@@](O)(C(=O)OC)[C@H](OC(C)=O)[C@]5(CC)C=CCN6CC[C@]43[C@@H]65)C2)C1. The quantitative estimate of drug-likeness (QED) is 0.0937. The number of methoxy groups -OCH3 is 3. The zero-order valence-electron chi connectivity index (χ0n) is 40.1. The van der Waals surface area contributed by atoms with Crippen LogP contribution in [0.2, 0.25) is 0 Å². The van der Waals surface area contributed by atoms with Crippen molar-refractivity contribution in [1.29, 1.82) is 0 Å². The van der Waals surface area contributed by atoms with Crippen molar-refractivity contribution in [3.05, 3.63) is 95.1 Å². The number of rotatable bonds is 10. The van der Waals surface area contributed by atoms with E-state index in [0.717, 1.165) is 33.4 Å². The summed E-state index contributed by atoms with van der Waals surface area (Å²) >= 11 is 0. The number of ether oxygens (including phenoxy) is 4. The molecule has 2 saturated heterocycles. The Bertz CT molecular complexity index is 2680. The molecule has 16 nitrogen and oxygen atoms in total. The Balaban J connectivity index is 1.19. The van der Waals surface area contributed by atoms with Crippen molar-refractivity contribution < 1.29 is 47.6 Å². The van der Waals surface area contributed by atoms with Crippen LogP contribution >= 0.6 is 0 Å². The summed E-state index contributed by atoms with van der Waals surface area (Å²) in [6.45, 7) is 8.89. The largest absolute Gasteiger partial charge is 0.496 e. The number of nitrogens with zero attached hydrogens (tertiary/aromatic N) is 3. The van der Waals surface area contributed by atoms with Crippen molar-refractivity contribution >= 4 is 40.5 Å². The molecule has 2 aromatic heterocycles. The Morgan fingerprint density at radius 2 is 1.75 bits per heavy atom. The first-order chi connectivity index (χ1) is 32.7. The highest BCUT2D eigenvalue weighted by Gasteiger charge is 2.80. The molecule has 6 aliphatic rings. The molecule has 7 heterocycles. The van der Waals surface area contributed by atoms with Crippen LogP contribution in [-0.4, -0.2) is 134 Å². The lowest BCUT2D eigenvalue weighted by atomic mass is 9.47. The van der Waals surface area contributed by atoms with Gasteiger partial charge in [0.25, 0.3) is 0 Å². The van der Waals surface area contributed by atoms with Gasteiger partial charge in [0.1, 0.15) is 16.9 Å². The second kappa shape index (κ2) is 16.7. The predicted molar refractivity (Wildman–Crippen MR) is 252 cm³/mol. The summed E-state index contributed by atoms with van der Waals surface area (Å²) in [5.74, 6) is -1.03. The number of benzene rings is 2. The number of hydrogen-bond acceptors (Lipinski definition) is 13. The molecule has 2 bridgehead atoms. The number of aliphatic hydroxyl groups is 1. The second-order valence-corrected chi connectivity index (χ2v) is 20.1. The Hall–Kier alpha value is -5.84. The van der Waals surface area contributed by atoms with E-state index in [2.05, 4.69) is 50.5 Å². The lowest BCUT2D eigenvalue weighted by Crippen LogP contribution is -2.81. The number of hydrogen-bond donors (Lipinski definition) is 4. The van der Waals surface area contributed by atoms with Gasteiger partial charge in [-0.15, -0.1) is 0 Å². The van der Waals surface area contributed by atoms with Gasteiger partial charge in [-0.3, -0.25) is 14.5 Å². The number of esters is 3. The molecule has 16 heteroatoms. The van der Waals surface area contributed by atoms with Gasteiger partial charge in [0.15, 0.2) is 6.10 Å². The molecule has 0 radical (unpaired) electrons. The topological polar surface area (TPSA) is 188 Å². The summed E-state index contributed by atoms with van der Waals surface area (Å²) in [5.41, 5.74) is -1.63. The van der Waals surface area contributed by atoms with Crippen LogP contribution in [0.4, 0.5) is 10.5 Å². The molecule has 68 heavy (non-hydrogen) atoms. The molecule has 1 saturated carbocycles. The lowest BCUT2D eigenvalue weighted by Gasteiger charge is -2.63. The molecule has 1 spiro atoms. The first-order valence-electron chi connectivity index (χ1n) is 24.0. The fourth-order valence-electron chi connectivity index (χ4n) is 14.6. The van der Waals surface area contributed by atoms with Gasteiger partial charge in [0.2, 0.25) is 5.60 Å². The fraction of sp³-hybridized carbons (Fsp3) is 0.538. The minimum Gasteiger partial charge on any atom is -0.496 e.